The van der Waals surface area contributed by atoms with Gasteiger partial charge in [0.2, 0.25) is 0 Å². The van der Waals surface area contributed by atoms with Crippen LogP contribution in [0.5, 0.6) is 0 Å². The second-order valence-corrected chi connectivity index (χ2v) is 5.46. The molecule has 1 heterocycles. The lowest BCUT2D eigenvalue weighted by atomic mass is 9.89. The Hall–Kier alpha value is -1.24. The van der Waals surface area contributed by atoms with Gasteiger partial charge in [-0.25, -0.2) is 9.89 Å². The van der Waals surface area contributed by atoms with Gasteiger partial charge in [-0.1, -0.05) is 24.6 Å². The molecule has 0 radical (unpaired) electrons. The van der Waals surface area contributed by atoms with Crippen LogP contribution in [0, 0.1) is 5.92 Å². The van der Waals surface area contributed by atoms with E-state index in [1.807, 2.05) is 0 Å². The number of carboxylic acid groups (broad SMARTS) is 1. The number of thioether (sulfide) groups is 1. The monoisotopic (exact) mass is 257 g/mol. The Morgan fingerprint density at radius 2 is 2.24 bits per heavy atom. The molecule has 1 aliphatic rings. The van der Waals surface area contributed by atoms with Gasteiger partial charge in [0.1, 0.15) is 0 Å². The summed E-state index contributed by atoms with van der Waals surface area (Å²) >= 11 is 1.39. The van der Waals surface area contributed by atoms with Gasteiger partial charge in [-0.15, -0.1) is 5.10 Å². The highest BCUT2D eigenvalue weighted by molar-refractivity contribution is 7.99. The van der Waals surface area contributed by atoms with Crippen molar-refractivity contribution in [3.05, 3.63) is 10.5 Å². The number of hydrogen-bond acceptors (Lipinski definition) is 4. The Labute approximate surface area is 102 Å². The summed E-state index contributed by atoms with van der Waals surface area (Å²) in [6.07, 6.45) is 3.58. The van der Waals surface area contributed by atoms with Crippen molar-refractivity contribution in [2.45, 2.75) is 36.1 Å². The molecule has 2 atom stereocenters. The van der Waals surface area contributed by atoms with E-state index in [9.17, 15) is 9.59 Å². The minimum Gasteiger partial charge on any atom is -0.481 e. The largest absolute Gasteiger partial charge is 0.481 e. The fourth-order valence-electron chi connectivity index (χ4n) is 2.09. The molecule has 0 saturated heterocycles. The molecule has 0 bridgehead atoms. The topological polar surface area (TPSA) is 88.0 Å². The van der Waals surface area contributed by atoms with Crippen LogP contribution >= 0.6 is 11.8 Å². The van der Waals surface area contributed by atoms with Gasteiger partial charge < -0.3 is 5.11 Å². The third kappa shape index (κ3) is 2.54. The molecule has 0 spiro atoms. The lowest BCUT2D eigenvalue weighted by molar-refractivity contribution is -0.142. The van der Waals surface area contributed by atoms with Crippen LogP contribution in [0.1, 0.15) is 25.7 Å². The van der Waals surface area contributed by atoms with Crippen molar-refractivity contribution in [2.24, 2.45) is 13.0 Å². The van der Waals surface area contributed by atoms with Crippen molar-refractivity contribution in [1.82, 2.24) is 14.8 Å². The van der Waals surface area contributed by atoms with E-state index >= 15 is 0 Å². The third-order valence-electron chi connectivity index (χ3n) is 3.12. The molecule has 1 saturated carbocycles. The molecule has 1 aromatic heterocycles. The minimum atomic E-state index is -0.747. The van der Waals surface area contributed by atoms with Crippen LogP contribution in [-0.4, -0.2) is 31.1 Å². The van der Waals surface area contributed by atoms with Gasteiger partial charge in [0.05, 0.1) is 5.92 Å². The summed E-state index contributed by atoms with van der Waals surface area (Å²) < 4.78 is 1.41. The Bertz CT molecular complexity index is 468. The highest BCUT2D eigenvalue weighted by Gasteiger charge is 2.32. The molecule has 1 aromatic rings. The first-order valence-electron chi connectivity index (χ1n) is 5.60. The summed E-state index contributed by atoms with van der Waals surface area (Å²) in [5.74, 6) is -1.08. The van der Waals surface area contributed by atoms with Crippen molar-refractivity contribution >= 4 is 17.7 Å². The van der Waals surface area contributed by atoms with Gasteiger partial charge >= 0.3 is 11.7 Å². The molecule has 1 aliphatic carbocycles. The maximum absolute atomic E-state index is 11.2. The lowest BCUT2D eigenvalue weighted by Gasteiger charge is -2.27. The summed E-state index contributed by atoms with van der Waals surface area (Å²) in [5.41, 5.74) is -0.268. The Balaban J connectivity index is 2.13. The standard InChI is InChI=1S/C10H15N3O3S/c1-13-9(16)11-12-10(13)17-7-5-3-2-4-6(7)8(14)15/h6-7H,2-5H2,1H3,(H,11,16)(H,14,15). The number of nitrogens with zero attached hydrogens (tertiary/aromatic N) is 2. The smallest absolute Gasteiger partial charge is 0.343 e. The molecule has 2 rings (SSSR count). The summed E-state index contributed by atoms with van der Waals surface area (Å²) in [6, 6.07) is 0. The van der Waals surface area contributed by atoms with Gasteiger partial charge in [0, 0.05) is 12.3 Å². The van der Waals surface area contributed by atoms with E-state index in [-0.39, 0.29) is 16.9 Å². The maximum Gasteiger partial charge on any atom is 0.343 e. The van der Waals surface area contributed by atoms with Crippen molar-refractivity contribution in [2.75, 3.05) is 0 Å². The van der Waals surface area contributed by atoms with E-state index in [2.05, 4.69) is 10.2 Å². The van der Waals surface area contributed by atoms with Crippen LogP contribution in [0.3, 0.4) is 0 Å². The fourth-order valence-corrected chi connectivity index (χ4v) is 3.41. The van der Waals surface area contributed by atoms with Crippen molar-refractivity contribution < 1.29 is 9.90 Å². The van der Waals surface area contributed by atoms with Crippen molar-refractivity contribution in [3.8, 4) is 0 Å². The quantitative estimate of drug-likeness (QED) is 0.838. The molecule has 0 aromatic carbocycles. The molecule has 94 valence electrons. The number of H-pyrrole nitrogens is 1. The van der Waals surface area contributed by atoms with Crippen LogP contribution in [0.15, 0.2) is 9.95 Å². The van der Waals surface area contributed by atoms with E-state index < -0.39 is 5.97 Å². The first-order valence-corrected chi connectivity index (χ1v) is 6.48. The highest BCUT2D eigenvalue weighted by Crippen LogP contribution is 2.36. The average molecular weight is 257 g/mol. The van der Waals surface area contributed by atoms with E-state index in [1.165, 1.54) is 16.3 Å². The predicted octanol–water partition coefficient (Wildman–Crippen LogP) is 0.844. The normalized spacial score (nSPS) is 24.8. The number of aromatic nitrogens is 3. The minimum absolute atomic E-state index is 0.00940. The van der Waals surface area contributed by atoms with Gasteiger partial charge in [0.15, 0.2) is 5.16 Å². The van der Waals surface area contributed by atoms with Gasteiger partial charge in [-0.3, -0.25) is 9.36 Å². The molecule has 0 aliphatic heterocycles. The molecule has 7 heteroatoms. The number of hydrogen-bond donors (Lipinski definition) is 2. The first kappa shape index (κ1) is 12.2. The van der Waals surface area contributed by atoms with Gasteiger partial charge in [-0.05, 0) is 12.8 Å². The second-order valence-electron chi connectivity index (χ2n) is 4.26. The van der Waals surface area contributed by atoms with Gasteiger partial charge in [0.25, 0.3) is 0 Å². The number of carboxylic acids is 1. The molecular weight excluding hydrogens is 242 g/mol. The summed E-state index contributed by atoms with van der Waals surface area (Å²) in [6.45, 7) is 0. The number of aliphatic carboxylic acids is 1. The molecule has 6 nitrogen and oxygen atoms in total. The Morgan fingerprint density at radius 3 is 2.82 bits per heavy atom. The molecule has 17 heavy (non-hydrogen) atoms. The molecular formula is C10H15N3O3S. The van der Waals surface area contributed by atoms with Crippen LogP contribution in [0.25, 0.3) is 0 Å². The number of rotatable bonds is 3. The van der Waals surface area contributed by atoms with E-state index in [4.69, 9.17) is 5.11 Å². The number of carbonyl (C=O) groups is 1. The molecule has 2 N–H and O–H groups in total. The third-order valence-corrected chi connectivity index (χ3v) is 4.56. The van der Waals surface area contributed by atoms with Gasteiger partial charge in [-0.2, -0.15) is 0 Å². The average Bonchev–Trinajstić information content (AvgIpc) is 2.61. The van der Waals surface area contributed by atoms with E-state index in [1.54, 1.807) is 7.05 Å². The van der Waals surface area contributed by atoms with Crippen LogP contribution in [-0.2, 0) is 11.8 Å². The maximum atomic E-state index is 11.2. The summed E-state index contributed by atoms with van der Waals surface area (Å²) in [5, 5.41) is 16.0. The van der Waals surface area contributed by atoms with E-state index in [0.717, 1.165) is 19.3 Å². The Kier molecular flexibility index (Phi) is 3.56. The van der Waals surface area contributed by atoms with Crippen LogP contribution < -0.4 is 5.69 Å². The second kappa shape index (κ2) is 4.95. The summed E-state index contributed by atoms with van der Waals surface area (Å²) in [7, 11) is 1.63. The molecule has 0 amide bonds. The van der Waals surface area contributed by atoms with E-state index in [0.29, 0.717) is 11.6 Å². The zero-order valence-electron chi connectivity index (χ0n) is 9.55. The van der Waals surface area contributed by atoms with Crippen LogP contribution in [0.2, 0.25) is 0 Å². The highest BCUT2D eigenvalue weighted by atomic mass is 32.2. The lowest BCUT2D eigenvalue weighted by Crippen LogP contribution is -2.29. The fraction of sp³-hybridized carbons (Fsp3) is 0.700. The number of nitrogens with one attached hydrogen (secondary N) is 1. The zero-order valence-corrected chi connectivity index (χ0v) is 10.4. The van der Waals surface area contributed by atoms with Crippen LogP contribution in [0.4, 0.5) is 0 Å². The molecule has 2 unspecified atom stereocenters. The SMILES string of the molecule is Cn1c(SC2CCCCC2C(=O)O)n[nH]c1=O. The first-order chi connectivity index (χ1) is 8.09. The number of aromatic amines is 1. The van der Waals surface area contributed by atoms with Crippen molar-refractivity contribution in [1.29, 1.82) is 0 Å². The predicted molar refractivity (Wildman–Crippen MR) is 63.1 cm³/mol. The van der Waals surface area contributed by atoms with Crippen molar-refractivity contribution in [3.63, 3.8) is 0 Å². The summed E-state index contributed by atoms with van der Waals surface area (Å²) in [4.78, 5) is 22.3. The zero-order chi connectivity index (χ0) is 12.4. The Morgan fingerprint density at radius 1 is 1.53 bits per heavy atom. The molecule has 1 fully saturated rings.